The number of carbonyl (C=O) groups excluding carboxylic acids is 1. The molecule has 1 aromatic heterocycles. The van der Waals surface area contributed by atoms with E-state index in [0.717, 1.165) is 24.0 Å². The molecule has 0 saturated carbocycles. The Morgan fingerprint density at radius 2 is 1.70 bits per heavy atom. The number of carbonyl (C=O) groups is 1. The van der Waals surface area contributed by atoms with Crippen LogP contribution in [0.1, 0.15) is 34.7 Å². The molecule has 3 aromatic rings. The Bertz CT molecular complexity index is 1130. The Labute approximate surface area is 175 Å². The third kappa shape index (κ3) is 4.27. The third-order valence-electron chi connectivity index (χ3n) is 5.00. The van der Waals surface area contributed by atoms with Crippen molar-refractivity contribution < 1.29 is 17.6 Å². The van der Waals surface area contributed by atoms with Crippen LogP contribution in [0.5, 0.6) is 0 Å². The molecule has 1 fully saturated rings. The summed E-state index contributed by atoms with van der Waals surface area (Å²) in [4.78, 5) is 12.5. The lowest BCUT2D eigenvalue weighted by molar-refractivity contribution is 0.0917. The van der Waals surface area contributed by atoms with Crippen molar-refractivity contribution in [2.45, 2.75) is 31.2 Å². The second-order valence-corrected chi connectivity index (χ2v) is 9.15. The standard InChI is InChI=1S/C21H22N4O4S/c1-15-4-6-16(7-5-15)14-22-19(26)21-24-23-20(29-21)17-8-10-18(11-9-17)30(27,28)25-12-2-3-13-25/h4-11H,2-3,12-14H2,1H3,(H,22,26). The Balaban J connectivity index is 1.43. The summed E-state index contributed by atoms with van der Waals surface area (Å²) >= 11 is 0. The maximum Gasteiger partial charge on any atom is 0.309 e. The van der Waals surface area contributed by atoms with E-state index in [1.165, 1.54) is 16.4 Å². The lowest BCUT2D eigenvalue weighted by Gasteiger charge is -2.15. The van der Waals surface area contributed by atoms with E-state index < -0.39 is 15.9 Å². The van der Waals surface area contributed by atoms with Gasteiger partial charge in [-0.1, -0.05) is 29.8 Å². The predicted octanol–water partition coefficient (Wildman–Crippen LogP) is 2.76. The molecule has 0 spiro atoms. The number of hydrogen-bond acceptors (Lipinski definition) is 6. The SMILES string of the molecule is Cc1ccc(CNC(=O)c2nnc(-c3ccc(S(=O)(=O)N4CCCC4)cc3)o2)cc1. The topological polar surface area (TPSA) is 105 Å². The van der Waals surface area contributed by atoms with E-state index in [9.17, 15) is 13.2 Å². The van der Waals surface area contributed by atoms with Gasteiger partial charge in [0.1, 0.15) is 0 Å². The quantitative estimate of drug-likeness (QED) is 0.650. The van der Waals surface area contributed by atoms with Crippen molar-refractivity contribution in [3.8, 4) is 11.5 Å². The summed E-state index contributed by atoms with van der Waals surface area (Å²) in [6.45, 7) is 3.44. The average Bonchev–Trinajstić information content (AvgIpc) is 3.46. The van der Waals surface area contributed by atoms with Crippen LogP contribution in [0.4, 0.5) is 0 Å². The van der Waals surface area contributed by atoms with Gasteiger partial charge in [0.25, 0.3) is 0 Å². The van der Waals surface area contributed by atoms with E-state index >= 15 is 0 Å². The maximum atomic E-state index is 12.6. The van der Waals surface area contributed by atoms with E-state index in [-0.39, 0.29) is 16.7 Å². The van der Waals surface area contributed by atoms with E-state index in [1.54, 1.807) is 12.1 Å². The van der Waals surface area contributed by atoms with Gasteiger partial charge < -0.3 is 9.73 Å². The van der Waals surface area contributed by atoms with Crippen LogP contribution in [0.25, 0.3) is 11.5 Å². The number of aryl methyl sites for hydroxylation is 1. The number of nitrogens with zero attached hydrogens (tertiary/aromatic N) is 3. The second kappa shape index (κ2) is 8.37. The number of amides is 1. The molecule has 0 atom stereocenters. The van der Waals surface area contributed by atoms with Crippen LogP contribution in [0.2, 0.25) is 0 Å². The fourth-order valence-corrected chi connectivity index (χ4v) is 4.76. The van der Waals surface area contributed by atoms with Crippen molar-refractivity contribution in [3.05, 3.63) is 65.5 Å². The summed E-state index contributed by atoms with van der Waals surface area (Å²) in [5.74, 6) is -0.464. The molecule has 1 amide bonds. The largest absolute Gasteiger partial charge is 0.412 e. The minimum Gasteiger partial charge on any atom is -0.412 e. The third-order valence-corrected chi connectivity index (χ3v) is 6.91. The lowest BCUT2D eigenvalue weighted by Crippen LogP contribution is -2.27. The van der Waals surface area contributed by atoms with E-state index in [1.807, 2.05) is 31.2 Å². The van der Waals surface area contributed by atoms with Gasteiger partial charge in [0, 0.05) is 25.2 Å². The van der Waals surface area contributed by atoms with Crippen molar-refractivity contribution in [1.82, 2.24) is 19.8 Å². The molecule has 0 unspecified atom stereocenters. The molecule has 1 N–H and O–H groups in total. The molecular weight excluding hydrogens is 404 g/mol. The molecular formula is C21H22N4O4S. The maximum absolute atomic E-state index is 12.6. The highest BCUT2D eigenvalue weighted by molar-refractivity contribution is 7.89. The van der Waals surface area contributed by atoms with Gasteiger partial charge in [-0.25, -0.2) is 8.42 Å². The predicted molar refractivity (Wildman–Crippen MR) is 110 cm³/mol. The van der Waals surface area contributed by atoms with Crippen LogP contribution in [-0.2, 0) is 16.6 Å². The van der Waals surface area contributed by atoms with Crippen LogP contribution in [0, 0.1) is 6.92 Å². The molecule has 1 aliphatic heterocycles. The summed E-state index contributed by atoms with van der Waals surface area (Å²) < 4.78 is 32.2. The highest BCUT2D eigenvalue weighted by Gasteiger charge is 2.27. The van der Waals surface area contributed by atoms with Crippen LogP contribution in [0.15, 0.2) is 57.8 Å². The number of hydrogen-bond donors (Lipinski definition) is 1. The molecule has 9 heteroatoms. The molecule has 2 heterocycles. The lowest BCUT2D eigenvalue weighted by atomic mass is 10.1. The van der Waals surface area contributed by atoms with Crippen molar-refractivity contribution in [2.75, 3.05) is 13.1 Å². The zero-order chi connectivity index (χ0) is 21.1. The summed E-state index contributed by atoms with van der Waals surface area (Å²) in [5.41, 5.74) is 2.65. The smallest absolute Gasteiger partial charge is 0.309 e. The summed E-state index contributed by atoms with van der Waals surface area (Å²) in [7, 11) is -3.48. The van der Waals surface area contributed by atoms with Gasteiger partial charge in [-0.15, -0.1) is 10.2 Å². The normalized spacial score (nSPS) is 14.7. The first-order valence-corrected chi connectivity index (χ1v) is 11.2. The second-order valence-electron chi connectivity index (χ2n) is 7.22. The highest BCUT2D eigenvalue weighted by atomic mass is 32.2. The molecule has 4 rings (SSSR count). The van der Waals surface area contributed by atoms with E-state index in [2.05, 4.69) is 15.5 Å². The fraction of sp³-hybridized carbons (Fsp3) is 0.286. The van der Waals surface area contributed by atoms with Crippen LogP contribution in [0.3, 0.4) is 0 Å². The van der Waals surface area contributed by atoms with Gasteiger partial charge in [0.2, 0.25) is 15.9 Å². The zero-order valence-corrected chi connectivity index (χ0v) is 17.4. The molecule has 8 nitrogen and oxygen atoms in total. The molecule has 1 aliphatic rings. The summed E-state index contributed by atoms with van der Waals surface area (Å²) in [6, 6.07) is 14.1. The highest BCUT2D eigenvalue weighted by Crippen LogP contribution is 2.24. The van der Waals surface area contributed by atoms with Crippen LogP contribution >= 0.6 is 0 Å². The van der Waals surface area contributed by atoms with Crippen molar-refractivity contribution in [3.63, 3.8) is 0 Å². The van der Waals surface area contributed by atoms with Gasteiger partial charge in [-0.3, -0.25) is 4.79 Å². The molecule has 2 aromatic carbocycles. The van der Waals surface area contributed by atoms with Gasteiger partial charge in [-0.05, 0) is 49.6 Å². The fourth-order valence-electron chi connectivity index (χ4n) is 3.24. The molecule has 0 radical (unpaired) electrons. The van der Waals surface area contributed by atoms with E-state index in [0.29, 0.717) is 25.2 Å². The van der Waals surface area contributed by atoms with Gasteiger partial charge in [-0.2, -0.15) is 4.31 Å². The Morgan fingerprint density at radius 3 is 2.37 bits per heavy atom. The van der Waals surface area contributed by atoms with Gasteiger partial charge in [0.05, 0.1) is 4.90 Å². The number of benzene rings is 2. The number of sulfonamides is 1. The van der Waals surface area contributed by atoms with Gasteiger partial charge in [0.15, 0.2) is 0 Å². The Hall–Kier alpha value is -3.04. The molecule has 30 heavy (non-hydrogen) atoms. The van der Waals surface area contributed by atoms with Crippen molar-refractivity contribution >= 4 is 15.9 Å². The van der Waals surface area contributed by atoms with Crippen molar-refractivity contribution in [1.29, 1.82) is 0 Å². The molecule has 156 valence electrons. The molecule has 0 bridgehead atoms. The Kier molecular flexibility index (Phi) is 5.65. The average molecular weight is 426 g/mol. The molecule has 1 saturated heterocycles. The zero-order valence-electron chi connectivity index (χ0n) is 16.5. The van der Waals surface area contributed by atoms with Gasteiger partial charge >= 0.3 is 11.8 Å². The van der Waals surface area contributed by atoms with Crippen molar-refractivity contribution in [2.24, 2.45) is 0 Å². The van der Waals surface area contributed by atoms with Crippen LogP contribution < -0.4 is 5.32 Å². The monoisotopic (exact) mass is 426 g/mol. The first kappa shape index (κ1) is 20.2. The molecule has 0 aliphatic carbocycles. The van der Waals surface area contributed by atoms with Crippen LogP contribution in [-0.4, -0.2) is 41.9 Å². The summed E-state index contributed by atoms with van der Waals surface area (Å²) in [6.07, 6.45) is 1.77. The minimum atomic E-state index is -3.48. The number of aromatic nitrogens is 2. The first-order chi connectivity index (χ1) is 14.4. The summed E-state index contributed by atoms with van der Waals surface area (Å²) in [5, 5.41) is 10.4. The first-order valence-electron chi connectivity index (χ1n) is 9.71. The Morgan fingerprint density at radius 1 is 1.03 bits per heavy atom. The minimum absolute atomic E-state index is 0.147. The number of rotatable bonds is 6. The number of nitrogens with one attached hydrogen (secondary N) is 1. The van der Waals surface area contributed by atoms with E-state index in [4.69, 9.17) is 4.42 Å².